The predicted octanol–water partition coefficient (Wildman–Crippen LogP) is 1.31. The first-order valence-electron chi connectivity index (χ1n) is 5.57. The molecule has 0 aliphatic rings. The average molecular weight is 249 g/mol. The molecule has 2 rings (SSSR count). The number of nitrogens with one attached hydrogen (secondary N) is 1. The summed E-state index contributed by atoms with van der Waals surface area (Å²) >= 11 is 0. The second-order valence-electron chi connectivity index (χ2n) is 4.12. The zero-order valence-corrected chi connectivity index (χ0v) is 10.3. The number of hydrogen-bond acceptors (Lipinski definition) is 4. The molecule has 6 heteroatoms. The van der Waals surface area contributed by atoms with E-state index in [0.29, 0.717) is 18.8 Å². The van der Waals surface area contributed by atoms with E-state index in [4.69, 9.17) is 9.52 Å². The summed E-state index contributed by atoms with van der Waals surface area (Å²) in [7, 11) is 1.86. The molecule has 18 heavy (non-hydrogen) atoms. The minimum absolute atomic E-state index is 0.0225. The Morgan fingerprint density at radius 2 is 2.33 bits per heavy atom. The molecule has 0 radical (unpaired) electrons. The number of rotatable bonds is 5. The summed E-state index contributed by atoms with van der Waals surface area (Å²) in [6, 6.07) is 1.55. The van der Waals surface area contributed by atoms with Gasteiger partial charge in [0.05, 0.1) is 6.20 Å². The van der Waals surface area contributed by atoms with Crippen molar-refractivity contribution in [3.05, 3.63) is 41.1 Å². The van der Waals surface area contributed by atoms with Gasteiger partial charge in [-0.3, -0.25) is 4.68 Å². The molecule has 2 aromatic rings. The zero-order chi connectivity index (χ0) is 13.1. The first-order chi connectivity index (χ1) is 8.56. The molecule has 0 atom stereocenters. The molecule has 0 bridgehead atoms. The van der Waals surface area contributed by atoms with Crippen LogP contribution >= 0.6 is 0 Å². The summed E-state index contributed by atoms with van der Waals surface area (Å²) in [5.74, 6) is -0.437. The van der Waals surface area contributed by atoms with Crippen molar-refractivity contribution in [2.45, 2.75) is 20.0 Å². The maximum atomic E-state index is 10.7. The summed E-state index contributed by atoms with van der Waals surface area (Å²) in [4.78, 5) is 10.7. The molecule has 0 unspecified atom stereocenters. The van der Waals surface area contributed by atoms with Crippen LogP contribution in [0.2, 0.25) is 0 Å². The van der Waals surface area contributed by atoms with E-state index in [2.05, 4.69) is 10.4 Å². The fourth-order valence-corrected chi connectivity index (χ4v) is 1.71. The Kier molecular flexibility index (Phi) is 3.47. The highest BCUT2D eigenvalue weighted by Gasteiger charge is 2.12. The zero-order valence-electron chi connectivity index (χ0n) is 10.3. The van der Waals surface area contributed by atoms with Crippen molar-refractivity contribution in [2.75, 3.05) is 0 Å². The number of aromatic nitrogens is 2. The number of carbonyl (C=O) groups is 1. The molecule has 96 valence electrons. The van der Waals surface area contributed by atoms with Gasteiger partial charge in [0, 0.05) is 37.5 Å². The molecule has 0 spiro atoms. The molecule has 2 heterocycles. The van der Waals surface area contributed by atoms with Crippen molar-refractivity contribution >= 4 is 5.97 Å². The smallest absolute Gasteiger partial charge is 0.371 e. The number of furan rings is 1. The monoisotopic (exact) mass is 249 g/mol. The molecule has 6 nitrogen and oxygen atoms in total. The van der Waals surface area contributed by atoms with Crippen LogP contribution in [0, 0.1) is 6.92 Å². The maximum Gasteiger partial charge on any atom is 0.371 e. The minimum Gasteiger partial charge on any atom is -0.475 e. The number of aryl methyl sites for hydroxylation is 2. The standard InChI is InChI=1S/C12H15N3O3/c1-8-10(3-11(18-8)12(16)17)6-13-4-9-5-14-15(2)7-9/h3,5,7,13H,4,6H2,1-2H3,(H,16,17). The fraction of sp³-hybridized carbons (Fsp3) is 0.333. The molecule has 0 amide bonds. The van der Waals surface area contributed by atoms with E-state index < -0.39 is 5.97 Å². The Morgan fingerprint density at radius 3 is 2.89 bits per heavy atom. The quantitative estimate of drug-likeness (QED) is 0.835. The van der Waals surface area contributed by atoms with Crippen LogP contribution in [0.1, 0.15) is 27.4 Å². The molecule has 0 aliphatic heterocycles. The molecule has 0 aliphatic carbocycles. The van der Waals surface area contributed by atoms with Gasteiger partial charge in [-0.2, -0.15) is 5.10 Å². The van der Waals surface area contributed by atoms with Crippen molar-refractivity contribution in [1.82, 2.24) is 15.1 Å². The molecule has 0 aromatic carbocycles. The van der Waals surface area contributed by atoms with Crippen molar-refractivity contribution < 1.29 is 14.3 Å². The van der Waals surface area contributed by atoms with Crippen molar-refractivity contribution in [3.8, 4) is 0 Å². The number of aromatic carboxylic acids is 1. The Balaban J connectivity index is 1.92. The molecule has 2 aromatic heterocycles. The third kappa shape index (κ3) is 2.78. The number of hydrogen-bond donors (Lipinski definition) is 2. The van der Waals surface area contributed by atoms with Crippen LogP contribution in [0.3, 0.4) is 0 Å². The summed E-state index contributed by atoms with van der Waals surface area (Å²) in [6.07, 6.45) is 3.72. The van der Waals surface area contributed by atoms with Crippen LogP contribution in [0.4, 0.5) is 0 Å². The van der Waals surface area contributed by atoms with Crippen molar-refractivity contribution in [3.63, 3.8) is 0 Å². The third-order valence-electron chi connectivity index (χ3n) is 2.63. The first-order valence-corrected chi connectivity index (χ1v) is 5.57. The number of carboxylic acid groups (broad SMARTS) is 1. The predicted molar refractivity (Wildman–Crippen MR) is 64.2 cm³/mol. The second-order valence-corrected chi connectivity index (χ2v) is 4.12. The summed E-state index contributed by atoms with van der Waals surface area (Å²) in [5, 5.41) is 16.1. The maximum absolute atomic E-state index is 10.7. The van der Waals surface area contributed by atoms with Gasteiger partial charge < -0.3 is 14.8 Å². The summed E-state index contributed by atoms with van der Waals surface area (Å²) < 4.78 is 6.87. The highest BCUT2D eigenvalue weighted by atomic mass is 16.4. The van der Waals surface area contributed by atoms with E-state index in [-0.39, 0.29) is 5.76 Å². The van der Waals surface area contributed by atoms with E-state index in [1.807, 2.05) is 13.2 Å². The Hall–Kier alpha value is -2.08. The van der Waals surface area contributed by atoms with E-state index in [9.17, 15) is 4.79 Å². The van der Waals surface area contributed by atoms with E-state index >= 15 is 0 Å². The van der Waals surface area contributed by atoms with E-state index in [0.717, 1.165) is 11.1 Å². The Bertz CT molecular complexity index is 557. The molecule has 0 fully saturated rings. The van der Waals surface area contributed by atoms with E-state index in [1.54, 1.807) is 23.9 Å². The average Bonchev–Trinajstić information content (AvgIpc) is 2.87. The van der Waals surface area contributed by atoms with Crippen LogP contribution in [-0.2, 0) is 20.1 Å². The molecular weight excluding hydrogens is 234 g/mol. The first kappa shape index (κ1) is 12.4. The summed E-state index contributed by atoms with van der Waals surface area (Å²) in [6.45, 7) is 3.01. The van der Waals surface area contributed by atoms with Gasteiger partial charge >= 0.3 is 5.97 Å². The Labute approximate surface area is 104 Å². The summed E-state index contributed by atoms with van der Waals surface area (Å²) in [5.41, 5.74) is 1.94. The van der Waals surface area contributed by atoms with Gasteiger partial charge in [0.1, 0.15) is 5.76 Å². The number of carboxylic acids is 1. The van der Waals surface area contributed by atoms with Crippen LogP contribution in [-0.4, -0.2) is 20.9 Å². The molecule has 0 saturated carbocycles. The van der Waals surface area contributed by atoms with Crippen LogP contribution in [0.5, 0.6) is 0 Å². The lowest BCUT2D eigenvalue weighted by Crippen LogP contribution is -2.12. The fourth-order valence-electron chi connectivity index (χ4n) is 1.71. The SMILES string of the molecule is Cc1oc(C(=O)O)cc1CNCc1cnn(C)c1. The second kappa shape index (κ2) is 5.05. The topological polar surface area (TPSA) is 80.3 Å². The molecule has 0 saturated heterocycles. The van der Waals surface area contributed by atoms with Gasteiger partial charge in [0.2, 0.25) is 5.76 Å². The van der Waals surface area contributed by atoms with Crippen LogP contribution in [0.15, 0.2) is 22.9 Å². The lowest BCUT2D eigenvalue weighted by Gasteiger charge is -2.01. The normalized spacial score (nSPS) is 10.8. The largest absolute Gasteiger partial charge is 0.475 e. The van der Waals surface area contributed by atoms with Gasteiger partial charge in [0.25, 0.3) is 0 Å². The van der Waals surface area contributed by atoms with Gasteiger partial charge in [-0.25, -0.2) is 4.79 Å². The lowest BCUT2D eigenvalue weighted by molar-refractivity contribution is 0.0661. The molecular formula is C12H15N3O3. The van der Waals surface area contributed by atoms with Gasteiger partial charge in [0.15, 0.2) is 0 Å². The number of nitrogens with zero attached hydrogens (tertiary/aromatic N) is 2. The lowest BCUT2D eigenvalue weighted by atomic mass is 10.2. The van der Waals surface area contributed by atoms with E-state index in [1.165, 1.54) is 0 Å². The van der Waals surface area contributed by atoms with Crippen LogP contribution in [0.25, 0.3) is 0 Å². The van der Waals surface area contributed by atoms with Gasteiger partial charge in [-0.15, -0.1) is 0 Å². The van der Waals surface area contributed by atoms with Crippen LogP contribution < -0.4 is 5.32 Å². The van der Waals surface area contributed by atoms with Crippen molar-refractivity contribution in [2.24, 2.45) is 7.05 Å². The highest BCUT2D eigenvalue weighted by molar-refractivity contribution is 5.84. The van der Waals surface area contributed by atoms with Gasteiger partial charge in [-0.1, -0.05) is 0 Å². The Morgan fingerprint density at radius 1 is 1.56 bits per heavy atom. The third-order valence-corrected chi connectivity index (χ3v) is 2.63. The van der Waals surface area contributed by atoms with Crippen molar-refractivity contribution in [1.29, 1.82) is 0 Å². The van der Waals surface area contributed by atoms with Gasteiger partial charge in [-0.05, 0) is 13.0 Å². The molecule has 2 N–H and O–H groups in total. The highest BCUT2D eigenvalue weighted by Crippen LogP contribution is 2.14. The minimum atomic E-state index is -1.04.